The van der Waals surface area contributed by atoms with Crippen LogP contribution in [0.15, 0.2) is 5.16 Å². The summed E-state index contributed by atoms with van der Waals surface area (Å²) in [6.45, 7) is 7.28. The standard InChI is InChI=1S/C12H21N3O4S/c1-12(2,3)19-7-9-13-14-11(20-8-10(16)17)15(9)5-6-18-4/h5-8H2,1-4H3,(H,16,17). The molecule has 0 unspecified atom stereocenters. The summed E-state index contributed by atoms with van der Waals surface area (Å²) >= 11 is 1.14. The normalized spacial score (nSPS) is 11.8. The van der Waals surface area contributed by atoms with Gasteiger partial charge in [-0.05, 0) is 20.8 Å². The number of carbonyl (C=O) groups is 1. The van der Waals surface area contributed by atoms with Gasteiger partial charge in [-0.25, -0.2) is 0 Å². The molecule has 0 aliphatic heterocycles. The van der Waals surface area contributed by atoms with E-state index in [4.69, 9.17) is 14.6 Å². The first-order valence-electron chi connectivity index (χ1n) is 6.23. The minimum atomic E-state index is -0.885. The van der Waals surface area contributed by atoms with Crippen LogP contribution in [0.5, 0.6) is 0 Å². The number of ether oxygens (including phenoxy) is 2. The number of hydrogen-bond donors (Lipinski definition) is 1. The minimum absolute atomic E-state index is 0.0504. The van der Waals surface area contributed by atoms with Gasteiger partial charge >= 0.3 is 5.97 Å². The van der Waals surface area contributed by atoms with Crippen LogP contribution in [0.3, 0.4) is 0 Å². The maximum absolute atomic E-state index is 10.6. The van der Waals surface area contributed by atoms with E-state index in [1.54, 1.807) is 7.11 Å². The summed E-state index contributed by atoms with van der Waals surface area (Å²) < 4.78 is 12.6. The van der Waals surface area contributed by atoms with Crippen molar-refractivity contribution < 1.29 is 19.4 Å². The van der Waals surface area contributed by atoms with Crippen LogP contribution in [0.1, 0.15) is 26.6 Å². The van der Waals surface area contributed by atoms with Crippen LogP contribution in [0.2, 0.25) is 0 Å². The highest BCUT2D eigenvalue weighted by Gasteiger charge is 2.17. The fourth-order valence-electron chi connectivity index (χ4n) is 1.35. The van der Waals surface area contributed by atoms with Gasteiger partial charge in [-0.1, -0.05) is 11.8 Å². The molecule has 0 spiro atoms. The second-order valence-corrected chi connectivity index (χ2v) is 6.07. The first kappa shape index (κ1) is 16.9. The van der Waals surface area contributed by atoms with Crippen LogP contribution >= 0.6 is 11.8 Å². The highest BCUT2D eigenvalue weighted by atomic mass is 32.2. The van der Waals surface area contributed by atoms with Crippen molar-refractivity contribution in [1.82, 2.24) is 14.8 Å². The SMILES string of the molecule is COCCn1c(COC(C)(C)C)nnc1SCC(=O)O. The molecule has 0 fully saturated rings. The van der Waals surface area contributed by atoms with E-state index in [1.807, 2.05) is 25.3 Å². The van der Waals surface area contributed by atoms with Crippen molar-refractivity contribution in [3.05, 3.63) is 5.82 Å². The molecule has 0 aromatic carbocycles. The number of methoxy groups -OCH3 is 1. The number of aliphatic carboxylic acids is 1. The maximum atomic E-state index is 10.6. The highest BCUT2D eigenvalue weighted by molar-refractivity contribution is 7.99. The number of hydrogen-bond acceptors (Lipinski definition) is 6. The van der Waals surface area contributed by atoms with Gasteiger partial charge in [0.1, 0.15) is 6.61 Å². The van der Waals surface area contributed by atoms with E-state index in [-0.39, 0.29) is 11.4 Å². The van der Waals surface area contributed by atoms with Gasteiger partial charge in [0.05, 0.1) is 18.0 Å². The van der Waals surface area contributed by atoms with Gasteiger partial charge in [-0.15, -0.1) is 10.2 Å². The third kappa shape index (κ3) is 5.89. The van der Waals surface area contributed by atoms with E-state index in [0.717, 1.165) is 11.8 Å². The molecule has 114 valence electrons. The molecule has 7 nitrogen and oxygen atoms in total. The summed E-state index contributed by atoms with van der Waals surface area (Å²) in [5.74, 6) is -0.265. The highest BCUT2D eigenvalue weighted by Crippen LogP contribution is 2.18. The van der Waals surface area contributed by atoms with Crippen molar-refractivity contribution in [1.29, 1.82) is 0 Å². The first-order chi connectivity index (χ1) is 9.33. The third-order valence-electron chi connectivity index (χ3n) is 2.27. The Balaban J connectivity index is 2.79. The molecule has 0 radical (unpaired) electrons. The van der Waals surface area contributed by atoms with Gasteiger partial charge in [0.25, 0.3) is 0 Å². The lowest BCUT2D eigenvalue weighted by Crippen LogP contribution is -2.21. The Labute approximate surface area is 122 Å². The Kier molecular flexibility index (Phi) is 6.44. The Hall–Kier alpha value is -1.12. The molecule has 8 heteroatoms. The van der Waals surface area contributed by atoms with Crippen LogP contribution < -0.4 is 0 Å². The van der Waals surface area contributed by atoms with Crippen molar-refractivity contribution in [3.8, 4) is 0 Å². The monoisotopic (exact) mass is 303 g/mol. The van der Waals surface area contributed by atoms with Gasteiger partial charge in [-0.3, -0.25) is 4.79 Å². The zero-order valence-corrected chi connectivity index (χ0v) is 13.1. The molecule has 0 amide bonds. The lowest BCUT2D eigenvalue weighted by atomic mass is 10.2. The third-order valence-corrected chi connectivity index (χ3v) is 3.22. The Morgan fingerprint density at radius 1 is 1.40 bits per heavy atom. The number of thioether (sulfide) groups is 1. The van der Waals surface area contributed by atoms with Crippen molar-refractivity contribution in [2.24, 2.45) is 0 Å². The smallest absolute Gasteiger partial charge is 0.313 e. The molecule has 1 rings (SSSR count). The second-order valence-electron chi connectivity index (χ2n) is 5.13. The van der Waals surface area contributed by atoms with Gasteiger partial charge in [0, 0.05) is 13.7 Å². The van der Waals surface area contributed by atoms with E-state index in [2.05, 4.69) is 10.2 Å². The summed E-state index contributed by atoms with van der Waals surface area (Å²) in [6, 6.07) is 0. The number of carboxylic acid groups (broad SMARTS) is 1. The average Bonchev–Trinajstić information content (AvgIpc) is 2.72. The Morgan fingerprint density at radius 2 is 2.10 bits per heavy atom. The summed E-state index contributed by atoms with van der Waals surface area (Å²) in [6.07, 6.45) is 0. The molecular formula is C12H21N3O4S. The summed E-state index contributed by atoms with van der Waals surface area (Å²) in [5, 5.41) is 17.4. The topological polar surface area (TPSA) is 86.5 Å². The van der Waals surface area contributed by atoms with Crippen molar-refractivity contribution in [2.45, 2.75) is 44.7 Å². The van der Waals surface area contributed by atoms with Gasteiger partial charge in [0.15, 0.2) is 11.0 Å². The van der Waals surface area contributed by atoms with E-state index in [9.17, 15) is 4.79 Å². The van der Waals surface area contributed by atoms with Crippen LogP contribution in [0, 0.1) is 0 Å². The van der Waals surface area contributed by atoms with Crippen molar-refractivity contribution in [2.75, 3.05) is 19.5 Å². The zero-order chi connectivity index (χ0) is 15.2. The van der Waals surface area contributed by atoms with E-state index < -0.39 is 5.97 Å². The molecule has 1 heterocycles. The van der Waals surface area contributed by atoms with E-state index >= 15 is 0 Å². The van der Waals surface area contributed by atoms with E-state index in [1.165, 1.54) is 0 Å². The Morgan fingerprint density at radius 3 is 2.65 bits per heavy atom. The minimum Gasteiger partial charge on any atom is -0.481 e. The number of carboxylic acids is 1. The predicted molar refractivity (Wildman–Crippen MR) is 74.8 cm³/mol. The fourth-order valence-corrected chi connectivity index (χ4v) is 2.05. The fraction of sp³-hybridized carbons (Fsp3) is 0.750. The molecule has 1 N–H and O–H groups in total. The lowest BCUT2D eigenvalue weighted by molar-refractivity contribution is -0.133. The van der Waals surface area contributed by atoms with Gasteiger partial charge in [0.2, 0.25) is 0 Å². The maximum Gasteiger partial charge on any atom is 0.313 e. The molecule has 0 bridgehead atoms. The molecule has 1 aromatic heterocycles. The summed E-state index contributed by atoms with van der Waals surface area (Å²) in [7, 11) is 1.61. The molecule has 20 heavy (non-hydrogen) atoms. The van der Waals surface area contributed by atoms with Crippen LogP contribution in [-0.2, 0) is 27.4 Å². The van der Waals surface area contributed by atoms with Gasteiger partial charge in [-0.2, -0.15) is 0 Å². The average molecular weight is 303 g/mol. The Bertz CT molecular complexity index is 442. The molecule has 1 aromatic rings. The zero-order valence-electron chi connectivity index (χ0n) is 12.3. The van der Waals surface area contributed by atoms with E-state index in [0.29, 0.717) is 30.7 Å². The number of aromatic nitrogens is 3. The molecule has 0 saturated heterocycles. The second kappa shape index (κ2) is 7.61. The van der Waals surface area contributed by atoms with Crippen molar-refractivity contribution >= 4 is 17.7 Å². The summed E-state index contributed by atoms with van der Waals surface area (Å²) in [5.41, 5.74) is -0.271. The van der Waals surface area contributed by atoms with Gasteiger partial charge < -0.3 is 19.1 Å². The summed E-state index contributed by atoms with van der Waals surface area (Å²) in [4.78, 5) is 10.6. The number of rotatable bonds is 8. The van der Waals surface area contributed by atoms with Crippen LogP contribution in [0.4, 0.5) is 0 Å². The first-order valence-corrected chi connectivity index (χ1v) is 7.21. The van der Waals surface area contributed by atoms with Crippen LogP contribution in [-0.4, -0.2) is 50.9 Å². The molecule has 0 aliphatic carbocycles. The van der Waals surface area contributed by atoms with Crippen LogP contribution in [0.25, 0.3) is 0 Å². The number of nitrogens with zero attached hydrogens (tertiary/aromatic N) is 3. The van der Waals surface area contributed by atoms with Crippen molar-refractivity contribution in [3.63, 3.8) is 0 Å². The predicted octanol–water partition coefficient (Wildman–Crippen LogP) is 1.42. The molecule has 0 atom stereocenters. The lowest BCUT2D eigenvalue weighted by Gasteiger charge is -2.19. The molecule has 0 saturated carbocycles. The molecular weight excluding hydrogens is 282 g/mol. The molecule has 0 aliphatic rings. The quantitative estimate of drug-likeness (QED) is 0.727. The largest absolute Gasteiger partial charge is 0.481 e.